The molecule has 1 aliphatic heterocycles. The van der Waals surface area contributed by atoms with Crippen LogP contribution in [0.2, 0.25) is 0 Å². The van der Waals surface area contributed by atoms with E-state index in [1.807, 2.05) is 13.0 Å². The maximum absolute atomic E-state index is 13.1. The molecule has 0 bridgehead atoms. The van der Waals surface area contributed by atoms with Crippen molar-refractivity contribution in [2.75, 3.05) is 15.6 Å². The number of hydrogen-bond acceptors (Lipinski definition) is 4. The summed E-state index contributed by atoms with van der Waals surface area (Å²) in [7, 11) is -7.44. The normalized spacial score (nSPS) is 14.2. The highest BCUT2D eigenvalue weighted by Crippen LogP contribution is 2.34. The van der Waals surface area contributed by atoms with Crippen molar-refractivity contribution in [1.82, 2.24) is 0 Å². The molecule has 0 spiro atoms. The molecule has 3 aromatic carbocycles. The maximum Gasteiger partial charge on any atom is 0.264 e. The quantitative estimate of drug-likeness (QED) is 0.622. The summed E-state index contributed by atoms with van der Waals surface area (Å²) in [6.45, 7) is 4.04. The number of sulfonamides is 2. The van der Waals surface area contributed by atoms with Crippen molar-refractivity contribution in [2.45, 2.75) is 36.5 Å². The predicted octanol–water partition coefficient (Wildman–Crippen LogP) is 4.25. The van der Waals surface area contributed by atoms with Gasteiger partial charge in [-0.25, -0.2) is 16.8 Å². The van der Waals surface area contributed by atoms with E-state index in [4.69, 9.17) is 0 Å². The number of anilines is 2. The van der Waals surface area contributed by atoms with Crippen LogP contribution in [0, 0.1) is 13.8 Å². The SMILES string of the molecule is Cc1cccc(S(=O)(=O)Nc2ccc3c(c2)CCCN3S(=O)(=O)c2ccccc2)c1C. The Hall–Kier alpha value is -2.84. The van der Waals surface area contributed by atoms with E-state index in [0.29, 0.717) is 36.3 Å². The van der Waals surface area contributed by atoms with Gasteiger partial charge in [0.2, 0.25) is 0 Å². The molecule has 0 radical (unpaired) electrons. The molecule has 0 aromatic heterocycles. The van der Waals surface area contributed by atoms with Crippen LogP contribution in [0.4, 0.5) is 11.4 Å². The van der Waals surface area contributed by atoms with Gasteiger partial charge in [0.15, 0.2) is 0 Å². The number of benzene rings is 3. The summed E-state index contributed by atoms with van der Waals surface area (Å²) in [6, 6.07) is 18.5. The summed E-state index contributed by atoms with van der Waals surface area (Å²) in [5.74, 6) is 0. The highest BCUT2D eigenvalue weighted by Gasteiger charge is 2.29. The van der Waals surface area contributed by atoms with Gasteiger partial charge in [-0.05, 0) is 79.8 Å². The first-order valence-corrected chi connectivity index (χ1v) is 12.9. The van der Waals surface area contributed by atoms with Crippen LogP contribution >= 0.6 is 0 Å². The summed E-state index contributed by atoms with van der Waals surface area (Å²) >= 11 is 0. The first kappa shape index (κ1) is 21.4. The van der Waals surface area contributed by atoms with Crippen molar-refractivity contribution < 1.29 is 16.8 Å². The standard InChI is InChI=1S/C23H24N2O4S2/c1-17-8-6-12-23(18(17)2)30(26,27)24-20-13-14-22-19(16-20)9-7-15-25(22)31(28,29)21-10-4-3-5-11-21/h3-6,8,10-14,16,24H,7,9,15H2,1-2H3. The van der Waals surface area contributed by atoms with Crippen molar-refractivity contribution in [2.24, 2.45) is 0 Å². The Kier molecular flexibility index (Phi) is 5.53. The first-order chi connectivity index (χ1) is 14.7. The Balaban J connectivity index is 1.67. The second-order valence-corrected chi connectivity index (χ2v) is 11.2. The van der Waals surface area contributed by atoms with Gasteiger partial charge in [-0.1, -0.05) is 30.3 Å². The lowest BCUT2D eigenvalue weighted by molar-refractivity contribution is 0.586. The molecule has 1 N–H and O–H groups in total. The van der Waals surface area contributed by atoms with E-state index in [0.717, 1.165) is 11.1 Å². The number of rotatable bonds is 5. The number of hydrogen-bond donors (Lipinski definition) is 1. The highest BCUT2D eigenvalue weighted by molar-refractivity contribution is 7.93. The zero-order valence-corrected chi connectivity index (χ0v) is 19.0. The van der Waals surface area contributed by atoms with Gasteiger partial charge < -0.3 is 0 Å². The van der Waals surface area contributed by atoms with Crippen LogP contribution < -0.4 is 9.03 Å². The number of fused-ring (bicyclic) bond motifs is 1. The third kappa shape index (κ3) is 4.05. The maximum atomic E-state index is 13.1. The van der Waals surface area contributed by atoms with E-state index >= 15 is 0 Å². The summed E-state index contributed by atoms with van der Waals surface area (Å²) in [5.41, 5.74) is 3.40. The molecule has 0 fully saturated rings. The molecule has 1 aliphatic rings. The molecule has 1 heterocycles. The number of aryl methyl sites for hydroxylation is 2. The van der Waals surface area contributed by atoms with E-state index in [9.17, 15) is 16.8 Å². The molecule has 6 nitrogen and oxygen atoms in total. The zero-order chi connectivity index (χ0) is 22.2. The molecule has 0 amide bonds. The van der Waals surface area contributed by atoms with Gasteiger partial charge in [-0.3, -0.25) is 9.03 Å². The second-order valence-electron chi connectivity index (χ2n) is 7.64. The van der Waals surface area contributed by atoms with Crippen molar-refractivity contribution in [3.05, 3.63) is 83.4 Å². The average Bonchev–Trinajstić information content (AvgIpc) is 2.75. The molecular formula is C23H24N2O4S2. The predicted molar refractivity (Wildman–Crippen MR) is 122 cm³/mol. The molecule has 4 rings (SSSR count). The van der Waals surface area contributed by atoms with E-state index < -0.39 is 20.0 Å². The van der Waals surface area contributed by atoms with Crippen molar-refractivity contribution in [3.63, 3.8) is 0 Å². The third-order valence-corrected chi connectivity index (χ3v) is 8.94. The minimum atomic E-state index is -3.76. The fourth-order valence-electron chi connectivity index (χ4n) is 3.82. The minimum Gasteiger partial charge on any atom is -0.280 e. The largest absolute Gasteiger partial charge is 0.280 e. The van der Waals surface area contributed by atoms with Crippen molar-refractivity contribution in [3.8, 4) is 0 Å². The molecule has 3 aromatic rings. The zero-order valence-electron chi connectivity index (χ0n) is 17.4. The Morgan fingerprint density at radius 3 is 2.35 bits per heavy atom. The van der Waals surface area contributed by atoms with Crippen molar-refractivity contribution in [1.29, 1.82) is 0 Å². The van der Waals surface area contributed by atoms with Crippen LogP contribution in [-0.2, 0) is 26.5 Å². The van der Waals surface area contributed by atoms with Crippen LogP contribution in [0.5, 0.6) is 0 Å². The van der Waals surface area contributed by atoms with Gasteiger partial charge in [0.25, 0.3) is 20.0 Å². The van der Waals surface area contributed by atoms with E-state index in [1.165, 1.54) is 4.31 Å². The number of nitrogens with one attached hydrogen (secondary N) is 1. The summed E-state index contributed by atoms with van der Waals surface area (Å²) < 4.78 is 56.2. The molecular weight excluding hydrogens is 432 g/mol. The molecule has 0 saturated heterocycles. The molecule has 0 atom stereocenters. The van der Waals surface area contributed by atoms with E-state index in [1.54, 1.807) is 67.6 Å². The lowest BCUT2D eigenvalue weighted by Gasteiger charge is -2.31. The van der Waals surface area contributed by atoms with Crippen LogP contribution in [-0.4, -0.2) is 23.4 Å². The van der Waals surface area contributed by atoms with Crippen LogP contribution in [0.15, 0.2) is 76.5 Å². The Morgan fingerprint density at radius 2 is 1.61 bits per heavy atom. The first-order valence-electron chi connectivity index (χ1n) is 10.00. The third-order valence-electron chi connectivity index (χ3n) is 5.58. The average molecular weight is 457 g/mol. The lowest BCUT2D eigenvalue weighted by atomic mass is 10.0. The molecule has 8 heteroatoms. The molecule has 0 aliphatic carbocycles. The summed E-state index contributed by atoms with van der Waals surface area (Å²) in [4.78, 5) is 0.473. The van der Waals surface area contributed by atoms with Gasteiger partial charge in [0.1, 0.15) is 0 Å². The Bertz CT molecular complexity index is 1340. The van der Waals surface area contributed by atoms with Crippen molar-refractivity contribution >= 4 is 31.4 Å². The fourth-order valence-corrected chi connectivity index (χ4v) is 6.75. The monoisotopic (exact) mass is 456 g/mol. The Morgan fingerprint density at radius 1 is 0.871 bits per heavy atom. The topological polar surface area (TPSA) is 83.6 Å². The molecule has 31 heavy (non-hydrogen) atoms. The molecule has 0 unspecified atom stereocenters. The molecule has 162 valence electrons. The number of nitrogens with zero attached hydrogens (tertiary/aromatic N) is 1. The van der Waals surface area contributed by atoms with Gasteiger partial charge in [0.05, 0.1) is 15.5 Å². The van der Waals surface area contributed by atoms with Gasteiger partial charge in [0, 0.05) is 12.2 Å². The second kappa shape index (κ2) is 8.01. The van der Waals surface area contributed by atoms with Gasteiger partial charge >= 0.3 is 0 Å². The van der Waals surface area contributed by atoms with Gasteiger partial charge in [-0.15, -0.1) is 0 Å². The summed E-state index contributed by atoms with van der Waals surface area (Å²) in [6.07, 6.45) is 1.33. The van der Waals surface area contributed by atoms with Crippen LogP contribution in [0.3, 0.4) is 0 Å². The smallest absolute Gasteiger partial charge is 0.264 e. The Labute approximate surface area is 183 Å². The summed E-state index contributed by atoms with van der Waals surface area (Å²) in [5, 5.41) is 0. The minimum absolute atomic E-state index is 0.235. The lowest BCUT2D eigenvalue weighted by Crippen LogP contribution is -2.35. The van der Waals surface area contributed by atoms with Crippen LogP contribution in [0.25, 0.3) is 0 Å². The van der Waals surface area contributed by atoms with E-state index in [2.05, 4.69) is 4.72 Å². The van der Waals surface area contributed by atoms with Crippen LogP contribution in [0.1, 0.15) is 23.1 Å². The molecule has 0 saturated carbocycles. The fraction of sp³-hybridized carbons (Fsp3) is 0.217. The van der Waals surface area contributed by atoms with E-state index in [-0.39, 0.29) is 9.79 Å². The van der Waals surface area contributed by atoms with Gasteiger partial charge in [-0.2, -0.15) is 0 Å². The highest BCUT2D eigenvalue weighted by atomic mass is 32.2.